The summed E-state index contributed by atoms with van der Waals surface area (Å²) in [5.41, 5.74) is 7.36. The Morgan fingerprint density at radius 1 is 1.00 bits per heavy atom. The predicted molar refractivity (Wildman–Crippen MR) is 156 cm³/mol. The number of carbonyl (C=O) groups excluding carboxylic acids is 1. The Bertz CT molecular complexity index is 1530. The lowest BCUT2D eigenvalue weighted by Gasteiger charge is -2.36. The van der Waals surface area contributed by atoms with Gasteiger partial charge in [-0.2, -0.15) is 0 Å². The van der Waals surface area contributed by atoms with Crippen LogP contribution in [0.1, 0.15) is 66.6 Å². The zero-order valence-electron chi connectivity index (χ0n) is 23.5. The average molecular weight is 537 g/mol. The van der Waals surface area contributed by atoms with Gasteiger partial charge in [-0.3, -0.25) is 9.78 Å². The molecule has 2 aliphatic rings. The summed E-state index contributed by atoms with van der Waals surface area (Å²) in [4.78, 5) is 34.4. The number of nitrogens with one attached hydrogen (secondary N) is 1. The molecule has 8 heteroatoms. The normalized spacial score (nSPS) is 18.9. The number of morpholine rings is 1. The van der Waals surface area contributed by atoms with Crippen molar-refractivity contribution in [1.29, 1.82) is 0 Å². The number of aromatic nitrogens is 4. The molecule has 6 rings (SSSR count). The van der Waals surface area contributed by atoms with Gasteiger partial charge in [0.15, 0.2) is 0 Å². The van der Waals surface area contributed by atoms with Crippen LogP contribution in [0.25, 0.3) is 22.3 Å². The van der Waals surface area contributed by atoms with E-state index in [1.807, 2.05) is 42.5 Å². The molecule has 4 aromatic rings. The van der Waals surface area contributed by atoms with Crippen LogP contribution >= 0.6 is 0 Å². The van der Waals surface area contributed by atoms with Gasteiger partial charge in [0.25, 0.3) is 5.91 Å². The number of nitrogens with zero attached hydrogens (tertiary/aromatic N) is 5. The average Bonchev–Trinajstić information content (AvgIpc) is 2.98. The zero-order chi connectivity index (χ0) is 27.6. The van der Waals surface area contributed by atoms with Gasteiger partial charge in [0.1, 0.15) is 11.5 Å². The molecule has 1 saturated heterocycles. The Kier molecular flexibility index (Phi) is 7.43. The van der Waals surface area contributed by atoms with Gasteiger partial charge in [0, 0.05) is 30.4 Å². The lowest BCUT2D eigenvalue weighted by molar-refractivity contribution is -0.00545. The first-order valence-electron chi connectivity index (χ1n) is 14.4. The van der Waals surface area contributed by atoms with Crippen molar-refractivity contribution in [3.8, 4) is 11.4 Å². The van der Waals surface area contributed by atoms with E-state index < -0.39 is 0 Å². The first-order valence-corrected chi connectivity index (χ1v) is 14.4. The number of hydrogen-bond donors (Lipinski definition) is 1. The van der Waals surface area contributed by atoms with Crippen molar-refractivity contribution in [3.05, 3.63) is 76.9 Å². The highest BCUT2D eigenvalue weighted by atomic mass is 16.5. The van der Waals surface area contributed by atoms with Crippen LogP contribution in [0.4, 0.5) is 5.82 Å². The number of fused-ring (bicyclic) bond motifs is 2. The Hall–Kier alpha value is -3.91. The highest BCUT2D eigenvalue weighted by molar-refractivity contribution is 5.92. The molecule has 2 atom stereocenters. The van der Waals surface area contributed by atoms with Gasteiger partial charge in [-0.25, -0.2) is 15.0 Å². The van der Waals surface area contributed by atoms with Gasteiger partial charge in [-0.15, -0.1) is 0 Å². The molecule has 1 amide bonds. The van der Waals surface area contributed by atoms with Crippen molar-refractivity contribution >= 4 is 22.6 Å². The minimum Gasteiger partial charge on any atom is -0.372 e. The van der Waals surface area contributed by atoms with Crippen LogP contribution in [0.2, 0.25) is 0 Å². The topological polar surface area (TPSA) is 93.1 Å². The number of aryl methyl sites for hydroxylation is 2. The van der Waals surface area contributed by atoms with Gasteiger partial charge in [-0.05, 0) is 93.5 Å². The van der Waals surface area contributed by atoms with Gasteiger partial charge in [0.2, 0.25) is 0 Å². The fraction of sp³-hybridized carbons (Fsp3) is 0.406. The molecule has 0 saturated carbocycles. The second kappa shape index (κ2) is 11.3. The Morgan fingerprint density at radius 3 is 2.62 bits per heavy atom. The molecule has 40 heavy (non-hydrogen) atoms. The van der Waals surface area contributed by atoms with Gasteiger partial charge in [-0.1, -0.05) is 13.0 Å². The third-order valence-electron chi connectivity index (χ3n) is 7.81. The highest BCUT2D eigenvalue weighted by Crippen LogP contribution is 2.26. The summed E-state index contributed by atoms with van der Waals surface area (Å²) in [6.45, 7) is 8.26. The molecule has 1 aliphatic carbocycles. The van der Waals surface area contributed by atoms with Crippen molar-refractivity contribution in [2.24, 2.45) is 0 Å². The minimum absolute atomic E-state index is 0.163. The third kappa shape index (κ3) is 5.54. The second-order valence-corrected chi connectivity index (χ2v) is 10.9. The van der Waals surface area contributed by atoms with Crippen LogP contribution in [-0.4, -0.2) is 51.1 Å². The number of rotatable bonds is 6. The summed E-state index contributed by atoms with van der Waals surface area (Å²) in [6, 6.07) is 14.0. The number of pyridine rings is 4. The fourth-order valence-corrected chi connectivity index (χ4v) is 5.89. The minimum atomic E-state index is -0.167. The molecule has 0 aromatic carbocycles. The molecule has 4 aromatic heterocycles. The summed E-state index contributed by atoms with van der Waals surface area (Å²) in [6.07, 6.45) is 7.39. The van der Waals surface area contributed by atoms with Crippen LogP contribution in [0, 0.1) is 0 Å². The van der Waals surface area contributed by atoms with Crippen LogP contribution in [0.15, 0.2) is 48.7 Å². The van der Waals surface area contributed by atoms with E-state index in [0.29, 0.717) is 12.2 Å². The monoisotopic (exact) mass is 536 g/mol. The third-order valence-corrected chi connectivity index (χ3v) is 7.81. The maximum absolute atomic E-state index is 13.0. The number of ether oxygens (including phenoxy) is 1. The van der Waals surface area contributed by atoms with Crippen LogP contribution in [-0.2, 0) is 30.5 Å². The SMILES string of the molecule is CCc1cc(C(=O)NCc2cc3nc(-c4cccc(N5CC(C)OC(C)C5)n4)ccc3cn2)nc2c1CCCC2. The largest absolute Gasteiger partial charge is 0.372 e. The smallest absolute Gasteiger partial charge is 0.270 e. The van der Waals surface area contributed by atoms with E-state index >= 15 is 0 Å². The second-order valence-electron chi connectivity index (χ2n) is 10.9. The van der Waals surface area contributed by atoms with E-state index in [4.69, 9.17) is 19.7 Å². The zero-order valence-corrected chi connectivity index (χ0v) is 23.5. The fourth-order valence-electron chi connectivity index (χ4n) is 5.89. The Balaban J connectivity index is 1.19. The summed E-state index contributed by atoms with van der Waals surface area (Å²) >= 11 is 0. The first-order chi connectivity index (χ1) is 19.5. The number of carbonyl (C=O) groups is 1. The molecule has 5 heterocycles. The molecule has 0 spiro atoms. The van der Waals surface area contributed by atoms with E-state index in [-0.39, 0.29) is 18.1 Å². The van der Waals surface area contributed by atoms with E-state index in [2.05, 4.69) is 36.0 Å². The highest BCUT2D eigenvalue weighted by Gasteiger charge is 2.23. The van der Waals surface area contributed by atoms with Gasteiger partial charge >= 0.3 is 0 Å². The summed E-state index contributed by atoms with van der Waals surface area (Å²) in [5.74, 6) is 0.765. The number of amides is 1. The maximum Gasteiger partial charge on any atom is 0.270 e. The van der Waals surface area contributed by atoms with E-state index in [9.17, 15) is 4.79 Å². The Labute approximate surface area is 235 Å². The molecule has 0 radical (unpaired) electrons. The van der Waals surface area contributed by atoms with E-state index in [0.717, 1.165) is 78.3 Å². The maximum atomic E-state index is 13.0. The molecule has 8 nitrogen and oxygen atoms in total. The summed E-state index contributed by atoms with van der Waals surface area (Å²) in [5, 5.41) is 3.96. The predicted octanol–water partition coefficient (Wildman–Crippen LogP) is 5.07. The van der Waals surface area contributed by atoms with Crippen molar-refractivity contribution in [2.75, 3.05) is 18.0 Å². The molecule has 206 valence electrons. The van der Waals surface area contributed by atoms with E-state index in [1.54, 1.807) is 6.20 Å². The summed E-state index contributed by atoms with van der Waals surface area (Å²) < 4.78 is 5.89. The van der Waals surface area contributed by atoms with E-state index in [1.165, 1.54) is 17.5 Å². The molecular weight excluding hydrogens is 500 g/mol. The summed E-state index contributed by atoms with van der Waals surface area (Å²) in [7, 11) is 0. The number of anilines is 1. The quantitative estimate of drug-likeness (QED) is 0.368. The lowest BCUT2D eigenvalue weighted by Crippen LogP contribution is -2.45. The van der Waals surface area contributed by atoms with Gasteiger partial charge < -0.3 is 15.0 Å². The van der Waals surface area contributed by atoms with Crippen LogP contribution in [0.5, 0.6) is 0 Å². The molecular formula is C32H36N6O2. The molecule has 2 unspecified atom stereocenters. The standard InChI is InChI=1S/C32H36N6O2/c1-4-22-14-30(35-26-9-6-5-8-25(22)26)32(39)34-17-24-15-29-23(16-33-24)12-13-28(36-29)27-10-7-11-31(37-27)38-18-20(2)40-21(3)19-38/h7,10-16,20-21H,4-6,8-9,17-19H2,1-3H3,(H,34,39). The molecule has 0 bridgehead atoms. The van der Waals surface area contributed by atoms with Crippen LogP contribution < -0.4 is 10.2 Å². The lowest BCUT2D eigenvalue weighted by atomic mass is 9.90. The molecule has 1 fully saturated rings. The first kappa shape index (κ1) is 26.3. The van der Waals surface area contributed by atoms with Crippen molar-refractivity contribution in [3.63, 3.8) is 0 Å². The number of hydrogen-bond acceptors (Lipinski definition) is 7. The Morgan fingerprint density at radius 2 is 1.80 bits per heavy atom. The molecule has 1 aliphatic heterocycles. The van der Waals surface area contributed by atoms with Crippen molar-refractivity contribution in [2.45, 2.75) is 71.6 Å². The van der Waals surface area contributed by atoms with Gasteiger partial charge in [0.05, 0.1) is 41.4 Å². The van der Waals surface area contributed by atoms with Crippen molar-refractivity contribution in [1.82, 2.24) is 25.3 Å². The van der Waals surface area contributed by atoms with Crippen molar-refractivity contribution < 1.29 is 9.53 Å². The van der Waals surface area contributed by atoms with Crippen LogP contribution in [0.3, 0.4) is 0 Å². The molecule has 1 N–H and O–H groups in total.